The van der Waals surface area contributed by atoms with Gasteiger partial charge in [0.1, 0.15) is 6.29 Å². The molecule has 2 rings (SSSR count). The molecule has 0 aliphatic rings. The molecule has 0 aliphatic carbocycles. The van der Waals surface area contributed by atoms with Gasteiger partial charge in [-0.05, 0) is 12.1 Å². The first-order valence-electron chi connectivity index (χ1n) is 5.23. The Balaban J connectivity index is 2.45. The van der Waals surface area contributed by atoms with Crippen LogP contribution in [0.3, 0.4) is 0 Å². The van der Waals surface area contributed by atoms with Crippen molar-refractivity contribution in [2.75, 3.05) is 0 Å². The zero-order valence-electron chi connectivity index (χ0n) is 9.81. The Kier molecular flexibility index (Phi) is 3.66. The number of nitrogens with zero attached hydrogens (tertiary/aromatic N) is 2. The van der Waals surface area contributed by atoms with Crippen LogP contribution in [-0.2, 0) is 13.2 Å². The molecule has 1 aromatic heterocycles. The second-order valence-corrected chi connectivity index (χ2v) is 4.80. The zero-order chi connectivity index (χ0) is 14.0. The summed E-state index contributed by atoms with van der Waals surface area (Å²) in [5, 5.41) is 0.448. The quantitative estimate of drug-likeness (QED) is 0.811. The number of aldehydes is 1. The van der Waals surface area contributed by atoms with Crippen molar-refractivity contribution in [1.29, 1.82) is 0 Å². The van der Waals surface area contributed by atoms with Crippen LogP contribution in [0, 0.1) is 0 Å². The highest BCUT2D eigenvalue weighted by Crippen LogP contribution is 2.39. The zero-order valence-corrected chi connectivity index (χ0v) is 10.6. The third kappa shape index (κ3) is 2.98. The van der Waals surface area contributed by atoms with E-state index in [1.807, 2.05) is 0 Å². The molecular formula is C12H9F3N2OS. The molecule has 7 heteroatoms. The van der Waals surface area contributed by atoms with Gasteiger partial charge in [-0.25, -0.2) is 4.98 Å². The fourth-order valence-electron chi connectivity index (χ4n) is 1.48. The number of carbonyl (C=O) groups excluding carboxylic acids is 1. The lowest BCUT2D eigenvalue weighted by Gasteiger charge is -2.12. The van der Waals surface area contributed by atoms with Gasteiger partial charge in [-0.15, -0.1) is 0 Å². The van der Waals surface area contributed by atoms with E-state index in [2.05, 4.69) is 4.98 Å². The third-order valence-electron chi connectivity index (χ3n) is 2.42. The lowest BCUT2D eigenvalue weighted by molar-refractivity contribution is -0.139. The van der Waals surface area contributed by atoms with Crippen LogP contribution < -0.4 is 0 Å². The number of imidazole rings is 1. The van der Waals surface area contributed by atoms with Gasteiger partial charge in [0.15, 0.2) is 5.16 Å². The molecule has 1 aromatic carbocycles. The Morgan fingerprint density at radius 3 is 2.63 bits per heavy atom. The average Bonchev–Trinajstić information content (AvgIpc) is 2.74. The van der Waals surface area contributed by atoms with E-state index < -0.39 is 11.7 Å². The van der Waals surface area contributed by atoms with E-state index in [4.69, 9.17) is 0 Å². The maximum atomic E-state index is 12.9. The normalized spacial score (nSPS) is 11.6. The Hall–Kier alpha value is -1.76. The van der Waals surface area contributed by atoms with Crippen LogP contribution in [0.25, 0.3) is 0 Å². The summed E-state index contributed by atoms with van der Waals surface area (Å²) in [5.74, 6) is 0. The van der Waals surface area contributed by atoms with Crippen molar-refractivity contribution in [3.05, 3.63) is 41.7 Å². The molecule has 0 amide bonds. The van der Waals surface area contributed by atoms with Crippen LogP contribution in [0.15, 0.2) is 40.6 Å². The highest BCUT2D eigenvalue weighted by Gasteiger charge is 2.34. The van der Waals surface area contributed by atoms with Gasteiger partial charge in [-0.1, -0.05) is 17.8 Å². The van der Waals surface area contributed by atoms with E-state index in [0.29, 0.717) is 11.4 Å². The minimum Gasteiger partial charge on any atom is -0.329 e. The van der Waals surface area contributed by atoms with Crippen molar-refractivity contribution in [3.8, 4) is 0 Å². The summed E-state index contributed by atoms with van der Waals surface area (Å²) in [4.78, 5) is 14.6. The largest absolute Gasteiger partial charge is 0.417 e. The molecule has 0 bridgehead atoms. The second-order valence-electron chi connectivity index (χ2n) is 3.79. The number of aryl methyl sites for hydroxylation is 1. The van der Waals surface area contributed by atoms with Gasteiger partial charge in [0.25, 0.3) is 0 Å². The number of rotatable bonds is 3. The van der Waals surface area contributed by atoms with Crippen molar-refractivity contribution < 1.29 is 18.0 Å². The predicted molar refractivity (Wildman–Crippen MR) is 64.2 cm³/mol. The lowest BCUT2D eigenvalue weighted by atomic mass is 10.1. The minimum atomic E-state index is -4.51. The summed E-state index contributed by atoms with van der Waals surface area (Å²) < 4.78 is 40.4. The number of hydrogen-bond donors (Lipinski definition) is 0. The Labute approximate surface area is 111 Å². The van der Waals surface area contributed by atoms with Crippen LogP contribution in [0.2, 0.25) is 0 Å². The number of aromatic nitrogens is 2. The topological polar surface area (TPSA) is 34.9 Å². The highest BCUT2D eigenvalue weighted by molar-refractivity contribution is 7.99. The van der Waals surface area contributed by atoms with Crippen LogP contribution in [0.4, 0.5) is 13.2 Å². The summed E-state index contributed by atoms with van der Waals surface area (Å²) in [7, 11) is 1.70. The van der Waals surface area contributed by atoms with Gasteiger partial charge in [0, 0.05) is 29.9 Å². The number of benzene rings is 1. The second kappa shape index (κ2) is 5.08. The molecule has 100 valence electrons. The Bertz CT molecular complexity index is 607. The van der Waals surface area contributed by atoms with Crippen LogP contribution in [0.5, 0.6) is 0 Å². The SMILES string of the molecule is Cn1ccnc1Sc1ccc(C=O)cc1C(F)(F)F. The van der Waals surface area contributed by atoms with Crippen molar-refractivity contribution in [1.82, 2.24) is 9.55 Å². The molecule has 0 spiro atoms. The molecule has 2 aromatic rings. The standard InChI is InChI=1S/C12H9F3N2OS/c1-17-5-4-16-11(17)19-10-3-2-8(7-18)6-9(10)12(13,14)15/h2-7H,1H3. The van der Waals surface area contributed by atoms with E-state index in [-0.39, 0.29) is 10.5 Å². The fraction of sp³-hybridized carbons (Fsp3) is 0.167. The van der Waals surface area contributed by atoms with Gasteiger partial charge in [-0.3, -0.25) is 4.79 Å². The van der Waals surface area contributed by atoms with Crippen molar-refractivity contribution in [2.24, 2.45) is 7.05 Å². The first-order valence-corrected chi connectivity index (χ1v) is 6.05. The maximum absolute atomic E-state index is 12.9. The fourth-order valence-corrected chi connectivity index (χ4v) is 2.42. The summed E-state index contributed by atoms with van der Waals surface area (Å²) in [6.45, 7) is 0. The van der Waals surface area contributed by atoms with Crippen molar-refractivity contribution in [3.63, 3.8) is 0 Å². The first kappa shape index (κ1) is 13.7. The molecule has 3 nitrogen and oxygen atoms in total. The summed E-state index contributed by atoms with van der Waals surface area (Å²) in [6, 6.07) is 3.48. The molecule has 0 unspecified atom stereocenters. The number of carbonyl (C=O) groups is 1. The molecule has 1 heterocycles. The molecule has 0 radical (unpaired) electrons. The van der Waals surface area contributed by atoms with Gasteiger partial charge >= 0.3 is 6.18 Å². The molecule has 0 saturated heterocycles. The van der Waals surface area contributed by atoms with Crippen LogP contribution in [-0.4, -0.2) is 15.8 Å². The highest BCUT2D eigenvalue weighted by atomic mass is 32.2. The molecular weight excluding hydrogens is 277 g/mol. The molecule has 0 atom stereocenters. The smallest absolute Gasteiger partial charge is 0.329 e. The summed E-state index contributed by atoms with van der Waals surface area (Å²) in [6.07, 6.45) is -0.957. The van der Waals surface area contributed by atoms with Gasteiger partial charge in [-0.2, -0.15) is 13.2 Å². The molecule has 19 heavy (non-hydrogen) atoms. The molecule has 0 aliphatic heterocycles. The van der Waals surface area contributed by atoms with Gasteiger partial charge in [0.2, 0.25) is 0 Å². The Morgan fingerprint density at radius 1 is 1.37 bits per heavy atom. The summed E-state index contributed by atoms with van der Waals surface area (Å²) in [5.41, 5.74) is -0.832. The number of hydrogen-bond acceptors (Lipinski definition) is 3. The van der Waals surface area contributed by atoms with E-state index in [1.54, 1.807) is 17.8 Å². The van der Waals surface area contributed by atoms with E-state index >= 15 is 0 Å². The third-order valence-corrected chi connectivity index (χ3v) is 3.58. The van der Waals surface area contributed by atoms with Crippen LogP contribution in [0.1, 0.15) is 15.9 Å². The van der Waals surface area contributed by atoms with Crippen molar-refractivity contribution in [2.45, 2.75) is 16.2 Å². The van der Waals surface area contributed by atoms with E-state index in [0.717, 1.165) is 17.8 Å². The monoisotopic (exact) mass is 286 g/mol. The lowest BCUT2D eigenvalue weighted by Crippen LogP contribution is -2.08. The summed E-state index contributed by atoms with van der Waals surface area (Å²) >= 11 is 0.909. The van der Waals surface area contributed by atoms with Gasteiger partial charge < -0.3 is 4.57 Å². The Morgan fingerprint density at radius 2 is 2.11 bits per heavy atom. The van der Waals surface area contributed by atoms with E-state index in [9.17, 15) is 18.0 Å². The van der Waals surface area contributed by atoms with Crippen molar-refractivity contribution >= 4 is 18.0 Å². The number of alkyl halides is 3. The first-order chi connectivity index (χ1) is 8.91. The predicted octanol–water partition coefficient (Wildman–Crippen LogP) is 3.40. The van der Waals surface area contributed by atoms with Crippen LogP contribution >= 0.6 is 11.8 Å². The maximum Gasteiger partial charge on any atom is 0.417 e. The molecule has 0 saturated carbocycles. The minimum absolute atomic E-state index is 0.00323. The molecule has 0 N–H and O–H groups in total. The van der Waals surface area contributed by atoms with Gasteiger partial charge in [0.05, 0.1) is 5.56 Å². The molecule has 0 fully saturated rings. The number of halogens is 3. The van der Waals surface area contributed by atoms with E-state index in [1.165, 1.54) is 18.3 Å². The average molecular weight is 286 g/mol.